The second kappa shape index (κ2) is 14.3. The van der Waals surface area contributed by atoms with Crippen molar-refractivity contribution in [2.45, 2.75) is 52.6 Å². The summed E-state index contributed by atoms with van der Waals surface area (Å²) in [5.74, 6) is -0.767. The smallest absolute Gasteiger partial charge is 0.244 e. The predicted molar refractivity (Wildman–Crippen MR) is 162 cm³/mol. The molecule has 0 heterocycles. The van der Waals surface area contributed by atoms with E-state index in [0.29, 0.717) is 11.6 Å². The summed E-state index contributed by atoms with van der Waals surface area (Å²) in [6.45, 7) is 5.99. The monoisotopic (exact) mass is 583 g/mol. The lowest BCUT2D eigenvalue weighted by molar-refractivity contribution is -0.140. The molecule has 40 heavy (non-hydrogen) atoms. The van der Waals surface area contributed by atoms with Crippen LogP contribution in [0.3, 0.4) is 0 Å². The minimum Gasteiger partial charge on any atom is -0.354 e. The van der Waals surface area contributed by atoms with Gasteiger partial charge in [-0.2, -0.15) is 0 Å². The summed E-state index contributed by atoms with van der Waals surface area (Å²) in [6, 6.07) is 21.2. The minimum absolute atomic E-state index is 0.143. The number of benzene rings is 3. The van der Waals surface area contributed by atoms with Crippen molar-refractivity contribution >= 4 is 39.1 Å². The topological polar surface area (TPSA) is 86.8 Å². The van der Waals surface area contributed by atoms with E-state index in [0.717, 1.165) is 45.7 Å². The van der Waals surface area contributed by atoms with Gasteiger partial charge in [0.2, 0.25) is 21.8 Å². The molecule has 0 spiro atoms. The van der Waals surface area contributed by atoms with Crippen molar-refractivity contribution in [3.8, 4) is 0 Å². The van der Waals surface area contributed by atoms with E-state index in [4.69, 9.17) is 11.6 Å². The molecule has 0 aromatic heterocycles. The van der Waals surface area contributed by atoms with Gasteiger partial charge in [0.15, 0.2) is 0 Å². The Bertz CT molecular complexity index is 1400. The van der Waals surface area contributed by atoms with Gasteiger partial charge < -0.3 is 10.2 Å². The lowest BCUT2D eigenvalue weighted by Gasteiger charge is -2.33. The highest BCUT2D eigenvalue weighted by atomic mass is 35.5. The zero-order valence-corrected chi connectivity index (χ0v) is 25.1. The number of aryl methyl sites for hydroxylation is 2. The molecule has 3 rings (SSSR count). The maximum atomic E-state index is 14.1. The van der Waals surface area contributed by atoms with Crippen LogP contribution in [0.15, 0.2) is 72.8 Å². The molecule has 3 aromatic carbocycles. The average Bonchev–Trinajstić information content (AvgIpc) is 2.92. The summed E-state index contributed by atoms with van der Waals surface area (Å²) in [7, 11) is -3.85. The highest BCUT2D eigenvalue weighted by Gasteiger charge is 2.33. The Morgan fingerprint density at radius 1 is 0.950 bits per heavy atom. The van der Waals surface area contributed by atoms with Gasteiger partial charge in [-0.15, -0.1) is 0 Å². The Labute approximate surface area is 243 Å². The number of sulfonamides is 1. The predicted octanol–water partition coefficient (Wildman–Crippen LogP) is 5.28. The van der Waals surface area contributed by atoms with E-state index < -0.39 is 28.5 Å². The van der Waals surface area contributed by atoms with Gasteiger partial charge in [0.1, 0.15) is 12.6 Å². The average molecular weight is 584 g/mol. The number of nitrogens with one attached hydrogen (secondary N) is 1. The quantitative estimate of drug-likeness (QED) is 0.277. The molecule has 0 radical (unpaired) electrons. The van der Waals surface area contributed by atoms with Crippen LogP contribution in [0, 0.1) is 13.8 Å². The molecular weight excluding hydrogens is 546 g/mol. The largest absolute Gasteiger partial charge is 0.354 e. The number of unbranched alkanes of at least 4 members (excludes halogenated alkanes) is 1. The number of halogens is 1. The molecule has 2 amide bonds. The first-order valence-corrected chi connectivity index (χ1v) is 15.6. The number of amides is 2. The van der Waals surface area contributed by atoms with Gasteiger partial charge in [-0.25, -0.2) is 8.42 Å². The number of hydrogen-bond acceptors (Lipinski definition) is 4. The van der Waals surface area contributed by atoms with Crippen LogP contribution in [0.5, 0.6) is 0 Å². The first-order chi connectivity index (χ1) is 19.0. The fourth-order valence-electron chi connectivity index (χ4n) is 4.30. The van der Waals surface area contributed by atoms with Crippen molar-refractivity contribution in [3.63, 3.8) is 0 Å². The van der Waals surface area contributed by atoms with Gasteiger partial charge in [0.05, 0.1) is 11.9 Å². The number of rotatable bonds is 13. The second-order valence-corrected chi connectivity index (χ2v) is 12.4. The zero-order valence-electron chi connectivity index (χ0n) is 23.6. The Morgan fingerprint density at radius 2 is 1.62 bits per heavy atom. The normalized spacial score (nSPS) is 12.0. The standard InChI is InChI=1S/C31H38ClN3O4S/c1-5-6-18-33-31(37)29(19-25-10-8-7-9-11-25)34(21-26-15-12-23(2)13-16-26)30(36)22-35(40(4,38)39)27-17-14-24(3)28(32)20-27/h7-17,20,29H,5-6,18-19,21-22H2,1-4H3,(H,33,37)/t29-/m1/s1. The number of anilines is 1. The van der Waals surface area contributed by atoms with Crippen molar-refractivity contribution in [1.82, 2.24) is 10.2 Å². The van der Waals surface area contributed by atoms with Crippen molar-refractivity contribution in [1.29, 1.82) is 0 Å². The van der Waals surface area contributed by atoms with E-state index in [1.165, 1.54) is 11.0 Å². The number of carbonyl (C=O) groups is 2. The molecule has 3 aromatic rings. The van der Waals surface area contributed by atoms with Gasteiger partial charge in [-0.05, 0) is 49.1 Å². The van der Waals surface area contributed by atoms with E-state index in [9.17, 15) is 18.0 Å². The molecule has 0 unspecified atom stereocenters. The van der Waals surface area contributed by atoms with Gasteiger partial charge in [-0.3, -0.25) is 13.9 Å². The summed E-state index contributed by atoms with van der Waals surface area (Å²) in [5.41, 5.74) is 3.87. The van der Waals surface area contributed by atoms with Crippen LogP contribution in [0.1, 0.15) is 42.0 Å². The van der Waals surface area contributed by atoms with Crippen molar-refractivity contribution < 1.29 is 18.0 Å². The summed E-state index contributed by atoms with van der Waals surface area (Å²) < 4.78 is 26.8. The number of nitrogens with zero attached hydrogens (tertiary/aromatic N) is 2. The molecule has 0 fully saturated rings. The number of carbonyl (C=O) groups excluding carboxylic acids is 2. The van der Waals surface area contributed by atoms with E-state index in [-0.39, 0.29) is 24.6 Å². The molecule has 7 nitrogen and oxygen atoms in total. The molecule has 0 bridgehead atoms. The summed E-state index contributed by atoms with van der Waals surface area (Å²) in [5, 5.41) is 3.38. The highest BCUT2D eigenvalue weighted by Crippen LogP contribution is 2.25. The van der Waals surface area contributed by atoms with Crippen LogP contribution >= 0.6 is 11.6 Å². The minimum atomic E-state index is -3.85. The summed E-state index contributed by atoms with van der Waals surface area (Å²) in [4.78, 5) is 29.2. The van der Waals surface area contributed by atoms with Crippen LogP contribution < -0.4 is 9.62 Å². The Morgan fingerprint density at radius 3 is 2.23 bits per heavy atom. The molecule has 0 aliphatic heterocycles. The first kappa shape index (κ1) is 31.2. The molecule has 0 aliphatic rings. The Kier molecular flexibility index (Phi) is 11.2. The van der Waals surface area contributed by atoms with Gasteiger partial charge in [0.25, 0.3) is 0 Å². The molecule has 0 saturated carbocycles. The fourth-order valence-corrected chi connectivity index (χ4v) is 5.32. The van der Waals surface area contributed by atoms with Gasteiger partial charge >= 0.3 is 0 Å². The van der Waals surface area contributed by atoms with Gasteiger partial charge in [0, 0.05) is 24.5 Å². The van der Waals surface area contributed by atoms with Crippen LogP contribution in [0.2, 0.25) is 5.02 Å². The van der Waals surface area contributed by atoms with E-state index in [1.807, 2.05) is 75.4 Å². The van der Waals surface area contributed by atoms with Crippen molar-refractivity contribution in [2.24, 2.45) is 0 Å². The number of hydrogen-bond donors (Lipinski definition) is 1. The molecule has 1 N–H and O–H groups in total. The maximum absolute atomic E-state index is 14.1. The Balaban J connectivity index is 2.03. The SMILES string of the molecule is CCCCNC(=O)[C@@H](Cc1ccccc1)N(Cc1ccc(C)cc1)C(=O)CN(c1ccc(C)c(Cl)c1)S(C)(=O)=O. The van der Waals surface area contributed by atoms with Crippen LogP contribution in [-0.2, 0) is 32.6 Å². The first-order valence-electron chi connectivity index (χ1n) is 13.4. The van der Waals surface area contributed by atoms with E-state index in [1.54, 1.807) is 12.1 Å². The van der Waals surface area contributed by atoms with Crippen molar-refractivity contribution in [3.05, 3.63) is 100 Å². The molecule has 1 atom stereocenters. The molecule has 0 saturated heterocycles. The molecular formula is C31H38ClN3O4S. The van der Waals surface area contributed by atoms with Crippen LogP contribution in [0.25, 0.3) is 0 Å². The summed E-state index contributed by atoms with van der Waals surface area (Å²) >= 11 is 6.30. The van der Waals surface area contributed by atoms with Crippen LogP contribution in [0.4, 0.5) is 5.69 Å². The third kappa shape index (κ3) is 8.83. The van der Waals surface area contributed by atoms with Crippen LogP contribution in [-0.4, -0.2) is 50.5 Å². The molecule has 214 valence electrons. The maximum Gasteiger partial charge on any atom is 0.244 e. The second-order valence-electron chi connectivity index (χ2n) is 10.1. The van der Waals surface area contributed by atoms with E-state index >= 15 is 0 Å². The third-order valence-corrected chi connectivity index (χ3v) is 8.24. The third-order valence-electron chi connectivity index (χ3n) is 6.70. The molecule has 9 heteroatoms. The highest BCUT2D eigenvalue weighted by molar-refractivity contribution is 7.92. The lowest BCUT2D eigenvalue weighted by atomic mass is 10.0. The molecule has 0 aliphatic carbocycles. The summed E-state index contributed by atoms with van der Waals surface area (Å²) in [6.07, 6.45) is 3.06. The van der Waals surface area contributed by atoms with E-state index in [2.05, 4.69) is 5.32 Å². The lowest BCUT2D eigenvalue weighted by Crippen LogP contribution is -2.53. The van der Waals surface area contributed by atoms with Gasteiger partial charge in [-0.1, -0.05) is 91.2 Å². The zero-order chi connectivity index (χ0) is 29.3. The van der Waals surface area contributed by atoms with Crippen molar-refractivity contribution in [2.75, 3.05) is 23.7 Å². The Hall–Kier alpha value is -3.36. The fraction of sp³-hybridized carbons (Fsp3) is 0.355.